The molecule has 0 radical (unpaired) electrons. The molecule has 0 aromatic rings. The van der Waals surface area contributed by atoms with Crippen molar-refractivity contribution in [1.29, 1.82) is 0 Å². The van der Waals surface area contributed by atoms with Gasteiger partial charge in [-0.1, -0.05) is 0 Å². The van der Waals surface area contributed by atoms with Crippen molar-refractivity contribution in [2.75, 3.05) is 0 Å². The van der Waals surface area contributed by atoms with E-state index in [-0.39, 0.29) is 30.0 Å². The van der Waals surface area contributed by atoms with Crippen LogP contribution in [0.1, 0.15) is 32.1 Å². The van der Waals surface area contributed by atoms with E-state index in [2.05, 4.69) is 0 Å². The maximum atomic E-state index is 13.3. The molecule has 0 aliphatic heterocycles. The number of ketones is 1. The fraction of sp³-hybridized carbons (Fsp3) is 0.833. The minimum Gasteiger partial charge on any atom is -0.454 e. The SMILES string of the molecule is O=C1C2CCCC3(OC(=O)C(F)(F)S(=O)(=O)O)CC1[C@@H]2C3. The normalized spacial score (nSPS) is 38.6. The summed E-state index contributed by atoms with van der Waals surface area (Å²) in [6.07, 6.45) is 2.01. The number of rotatable bonds is 3. The van der Waals surface area contributed by atoms with Gasteiger partial charge in [0.2, 0.25) is 0 Å². The van der Waals surface area contributed by atoms with Crippen LogP contribution in [0, 0.1) is 17.8 Å². The number of fused-ring (bicyclic) bond motifs is 1. The van der Waals surface area contributed by atoms with E-state index in [0.29, 0.717) is 25.7 Å². The molecule has 3 fully saturated rings. The Balaban J connectivity index is 1.82. The van der Waals surface area contributed by atoms with Crippen LogP contribution in [0.3, 0.4) is 0 Å². The Hall–Kier alpha value is -1.09. The third-order valence-electron chi connectivity index (χ3n) is 4.98. The summed E-state index contributed by atoms with van der Waals surface area (Å²) in [5, 5.41) is -4.99. The summed E-state index contributed by atoms with van der Waals surface area (Å²) in [4.78, 5) is 23.3. The van der Waals surface area contributed by atoms with Crippen molar-refractivity contribution in [3.63, 3.8) is 0 Å². The Morgan fingerprint density at radius 3 is 2.62 bits per heavy atom. The highest BCUT2D eigenvalue weighted by molar-refractivity contribution is 7.87. The van der Waals surface area contributed by atoms with E-state index in [0.717, 1.165) is 0 Å². The van der Waals surface area contributed by atoms with Crippen LogP contribution in [0.2, 0.25) is 0 Å². The van der Waals surface area contributed by atoms with E-state index < -0.39 is 26.9 Å². The molecular formula is C12H14F2O6S. The van der Waals surface area contributed by atoms with Gasteiger partial charge >= 0.3 is 21.3 Å². The van der Waals surface area contributed by atoms with Gasteiger partial charge in [-0.2, -0.15) is 17.2 Å². The van der Waals surface area contributed by atoms with Crippen molar-refractivity contribution in [1.82, 2.24) is 0 Å². The van der Waals surface area contributed by atoms with Crippen LogP contribution >= 0.6 is 0 Å². The van der Waals surface area contributed by atoms with Crippen molar-refractivity contribution in [2.45, 2.75) is 43.0 Å². The molecule has 1 N–H and O–H groups in total. The molecule has 0 saturated heterocycles. The topological polar surface area (TPSA) is 97.7 Å². The molecule has 9 heteroatoms. The zero-order valence-corrected chi connectivity index (χ0v) is 11.7. The summed E-state index contributed by atoms with van der Waals surface area (Å²) >= 11 is 0. The molecule has 0 aromatic heterocycles. The van der Waals surface area contributed by atoms with Gasteiger partial charge in [0.15, 0.2) is 0 Å². The molecule has 3 aliphatic carbocycles. The zero-order chi connectivity index (χ0) is 15.6. The average Bonchev–Trinajstić information content (AvgIpc) is 2.57. The standard InChI is InChI=1S/C12H14F2O6S/c13-12(14,21(17,18)19)10(16)20-11-3-1-2-6-7(4-11)8(5-11)9(6)15/h6-8H,1-5H2,(H,17,18,19)/t6?,7-,8?,11?/m1/s1. The smallest absolute Gasteiger partial charge is 0.454 e. The third-order valence-corrected chi connectivity index (χ3v) is 5.80. The summed E-state index contributed by atoms with van der Waals surface area (Å²) in [5.74, 6) is -2.51. The van der Waals surface area contributed by atoms with E-state index >= 15 is 0 Å². The second kappa shape index (κ2) is 4.22. The summed E-state index contributed by atoms with van der Waals surface area (Å²) in [6, 6.07) is 0. The van der Waals surface area contributed by atoms with Crippen LogP contribution in [-0.2, 0) is 24.4 Å². The van der Waals surface area contributed by atoms with Crippen LogP contribution in [0.15, 0.2) is 0 Å². The summed E-state index contributed by atoms with van der Waals surface area (Å²) in [5.41, 5.74) is -1.21. The molecule has 0 spiro atoms. The van der Waals surface area contributed by atoms with Crippen LogP contribution < -0.4 is 0 Å². The number of halogens is 2. The lowest BCUT2D eigenvalue weighted by atomic mass is 9.63. The van der Waals surface area contributed by atoms with Gasteiger partial charge in [0.25, 0.3) is 0 Å². The number of ether oxygens (including phenoxy) is 1. The summed E-state index contributed by atoms with van der Waals surface area (Å²) in [6.45, 7) is 0. The molecule has 3 aliphatic rings. The number of esters is 1. The van der Waals surface area contributed by atoms with Gasteiger partial charge in [-0.15, -0.1) is 0 Å². The molecule has 2 bridgehead atoms. The first-order chi connectivity index (χ1) is 9.57. The Labute approximate surface area is 119 Å². The minimum absolute atomic E-state index is 0.0344. The van der Waals surface area contributed by atoms with E-state index in [9.17, 15) is 26.8 Å². The van der Waals surface area contributed by atoms with Crippen molar-refractivity contribution in [3.8, 4) is 0 Å². The van der Waals surface area contributed by atoms with E-state index in [1.165, 1.54) is 0 Å². The maximum Gasteiger partial charge on any atom is 0.465 e. The predicted octanol–water partition coefficient (Wildman–Crippen LogP) is 1.16. The van der Waals surface area contributed by atoms with Gasteiger partial charge in [0, 0.05) is 11.8 Å². The minimum atomic E-state index is -5.87. The second-order valence-electron chi connectivity index (χ2n) is 6.14. The Morgan fingerprint density at radius 2 is 2.00 bits per heavy atom. The predicted molar refractivity (Wildman–Crippen MR) is 63.9 cm³/mol. The first kappa shape index (κ1) is 14.8. The Kier molecular flexibility index (Phi) is 2.98. The van der Waals surface area contributed by atoms with Gasteiger partial charge in [-0.25, -0.2) is 4.79 Å². The number of Topliss-reactive ketones (excluding diaryl/α,β-unsaturated/α-hetero) is 1. The molecule has 118 valence electrons. The lowest BCUT2D eigenvalue weighted by molar-refractivity contribution is -0.178. The van der Waals surface area contributed by atoms with Gasteiger partial charge in [-0.3, -0.25) is 9.35 Å². The quantitative estimate of drug-likeness (QED) is 0.618. The zero-order valence-electron chi connectivity index (χ0n) is 10.9. The van der Waals surface area contributed by atoms with Crippen LogP contribution in [0.4, 0.5) is 8.78 Å². The van der Waals surface area contributed by atoms with Crippen LogP contribution in [0.5, 0.6) is 0 Å². The number of hydrogen-bond acceptors (Lipinski definition) is 5. The van der Waals surface area contributed by atoms with Crippen molar-refractivity contribution >= 4 is 21.9 Å². The lowest BCUT2D eigenvalue weighted by Crippen LogP contribution is -2.45. The van der Waals surface area contributed by atoms with Gasteiger partial charge in [0.1, 0.15) is 11.4 Å². The van der Waals surface area contributed by atoms with Crippen LogP contribution in [0.25, 0.3) is 0 Å². The molecule has 0 heterocycles. The molecule has 6 nitrogen and oxygen atoms in total. The van der Waals surface area contributed by atoms with E-state index in [4.69, 9.17) is 9.29 Å². The highest BCUT2D eigenvalue weighted by atomic mass is 32.2. The summed E-state index contributed by atoms with van der Waals surface area (Å²) in [7, 11) is -5.87. The highest BCUT2D eigenvalue weighted by Crippen LogP contribution is 2.59. The largest absolute Gasteiger partial charge is 0.465 e. The Morgan fingerprint density at radius 1 is 1.33 bits per heavy atom. The maximum absolute atomic E-state index is 13.3. The molecule has 3 unspecified atom stereocenters. The van der Waals surface area contributed by atoms with E-state index in [1.807, 2.05) is 0 Å². The molecule has 0 aromatic carbocycles. The molecule has 3 saturated carbocycles. The molecule has 21 heavy (non-hydrogen) atoms. The third kappa shape index (κ3) is 2.01. The van der Waals surface area contributed by atoms with Gasteiger partial charge < -0.3 is 4.74 Å². The number of carbonyl (C=O) groups excluding carboxylic acids is 2. The molecule has 0 amide bonds. The number of hydrogen-bond donors (Lipinski definition) is 1. The van der Waals surface area contributed by atoms with Crippen molar-refractivity contribution in [2.24, 2.45) is 17.8 Å². The fourth-order valence-electron chi connectivity index (χ4n) is 4.01. The molecule has 4 atom stereocenters. The first-order valence-electron chi connectivity index (χ1n) is 6.69. The van der Waals surface area contributed by atoms with Crippen LogP contribution in [-0.4, -0.2) is 35.6 Å². The van der Waals surface area contributed by atoms with Crippen molar-refractivity contribution < 1.29 is 36.1 Å². The first-order valence-corrected chi connectivity index (χ1v) is 8.13. The lowest BCUT2D eigenvalue weighted by Gasteiger charge is -2.38. The van der Waals surface area contributed by atoms with Gasteiger partial charge in [-0.05, 0) is 38.0 Å². The number of alkyl halides is 2. The van der Waals surface area contributed by atoms with E-state index in [1.54, 1.807) is 0 Å². The summed E-state index contributed by atoms with van der Waals surface area (Å²) < 4.78 is 61.0. The van der Waals surface area contributed by atoms with Crippen molar-refractivity contribution in [3.05, 3.63) is 0 Å². The highest BCUT2D eigenvalue weighted by Gasteiger charge is 2.64. The average molecular weight is 324 g/mol. The molecular weight excluding hydrogens is 310 g/mol. The van der Waals surface area contributed by atoms with Gasteiger partial charge in [0.05, 0.1) is 0 Å². The second-order valence-corrected chi connectivity index (χ2v) is 7.61. The Bertz CT molecular complexity index is 615. The molecule has 3 rings (SSSR count). The number of carbonyl (C=O) groups is 2. The monoisotopic (exact) mass is 324 g/mol. The fourth-order valence-corrected chi connectivity index (χ4v) is 4.26.